The highest BCUT2D eigenvalue weighted by Gasteiger charge is 2.17. The van der Waals surface area contributed by atoms with E-state index < -0.39 is 6.10 Å². The zero-order chi connectivity index (χ0) is 12.5. The molecule has 0 amide bonds. The monoisotopic (exact) mass is 248 g/mol. The van der Waals surface area contributed by atoms with Gasteiger partial charge in [-0.3, -0.25) is 0 Å². The average molecular weight is 248 g/mol. The lowest BCUT2D eigenvalue weighted by molar-refractivity contribution is 0.171. The van der Waals surface area contributed by atoms with Crippen LogP contribution in [0, 0.1) is 12.3 Å². The molecule has 1 aromatic carbocycles. The average Bonchev–Trinajstić information content (AvgIpc) is 2.37. The number of unbranched alkanes of at least 4 members (excludes halogenated alkanes) is 2. The first kappa shape index (κ1) is 14.2. The van der Waals surface area contributed by atoms with Crippen LogP contribution in [0.5, 0.6) is 0 Å². The van der Waals surface area contributed by atoms with E-state index in [4.69, 9.17) is 6.42 Å². The fourth-order valence-electron chi connectivity index (χ4n) is 1.62. The van der Waals surface area contributed by atoms with Crippen molar-refractivity contribution in [1.29, 1.82) is 0 Å². The van der Waals surface area contributed by atoms with Crippen LogP contribution >= 0.6 is 11.8 Å². The molecule has 0 aliphatic heterocycles. The molecule has 2 atom stereocenters. The first-order valence-electron chi connectivity index (χ1n) is 6.13. The number of aliphatic hydroxyl groups excluding tert-OH is 1. The van der Waals surface area contributed by atoms with Crippen molar-refractivity contribution in [1.82, 2.24) is 0 Å². The van der Waals surface area contributed by atoms with Gasteiger partial charge in [-0.25, -0.2) is 0 Å². The van der Waals surface area contributed by atoms with Crippen molar-refractivity contribution in [2.75, 3.05) is 0 Å². The van der Waals surface area contributed by atoms with Crippen LogP contribution in [0.4, 0.5) is 0 Å². The maximum Gasteiger partial charge on any atom is 0.0959 e. The molecule has 0 unspecified atom stereocenters. The van der Waals surface area contributed by atoms with Crippen molar-refractivity contribution in [3.05, 3.63) is 30.3 Å². The van der Waals surface area contributed by atoms with Gasteiger partial charge in [-0.05, 0) is 18.6 Å². The molecule has 0 fully saturated rings. The molecule has 0 spiro atoms. The molecule has 92 valence electrons. The highest BCUT2D eigenvalue weighted by molar-refractivity contribution is 8.00. The topological polar surface area (TPSA) is 20.2 Å². The minimum atomic E-state index is -0.406. The van der Waals surface area contributed by atoms with Crippen LogP contribution in [-0.4, -0.2) is 16.5 Å². The Labute approximate surface area is 109 Å². The third-order valence-electron chi connectivity index (χ3n) is 2.62. The summed E-state index contributed by atoms with van der Waals surface area (Å²) in [5.41, 5.74) is 0. The highest BCUT2D eigenvalue weighted by atomic mass is 32.2. The molecule has 1 N–H and O–H groups in total. The van der Waals surface area contributed by atoms with E-state index in [1.165, 1.54) is 6.42 Å². The van der Waals surface area contributed by atoms with E-state index >= 15 is 0 Å². The summed E-state index contributed by atoms with van der Waals surface area (Å²) in [7, 11) is 0. The van der Waals surface area contributed by atoms with Crippen molar-refractivity contribution in [2.24, 2.45) is 0 Å². The summed E-state index contributed by atoms with van der Waals surface area (Å²) in [6, 6.07) is 9.99. The van der Waals surface area contributed by atoms with Crippen LogP contribution in [0.3, 0.4) is 0 Å². The number of hydrogen-bond donors (Lipinski definition) is 1. The zero-order valence-corrected chi connectivity index (χ0v) is 11.1. The number of aliphatic hydroxyl groups is 1. The maximum absolute atomic E-state index is 10.0. The van der Waals surface area contributed by atoms with Crippen LogP contribution in [0.25, 0.3) is 0 Å². The second kappa shape index (κ2) is 8.22. The highest BCUT2D eigenvalue weighted by Crippen LogP contribution is 2.26. The molecule has 1 nitrogen and oxygen atoms in total. The van der Waals surface area contributed by atoms with Crippen molar-refractivity contribution < 1.29 is 5.11 Å². The zero-order valence-electron chi connectivity index (χ0n) is 10.3. The SMILES string of the molecule is C#C[C@@H](Sc1ccccc1)[C@H](O)CCCCC. The van der Waals surface area contributed by atoms with Crippen molar-refractivity contribution in [2.45, 2.75) is 48.9 Å². The summed E-state index contributed by atoms with van der Waals surface area (Å²) in [5, 5.41) is 9.89. The Morgan fingerprint density at radius 2 is 2.00 bits per heavy atom. The number of terminal acetylenes is 1. The Hall–Kier alpha value is -0.910. The molecule has 0 saturated carbocycles. The lowest BCUT2D eigenvalue weighted by Crippen LogP contribution is -2.21. The van der Waals surface area contributed by atoms with Gasteiger partial charge in [0.05, 0.1) is 11.4 Å². The molecule has 0 saturated heterocycles. The predicted octanol–water partition coefficient (Wildman–Crippen LogP) is 3.72. The molecule has 1 rings (SSSR count). The van der Waals surface area contributed by atoms with Gasteiger partial charge in [0.15, 0.2) is 0 Å². The number of hydrogen-bond acceptors (Lipinski definition) is 2. The fourth-order valence-corrected chi connectivity index (χ4v) is 2.59. The molecule has 1 aromatic rings. The largest absolute Gasteiger partial charge is 0.391 e. The lowest BCUT2D eigenvalue weighted by Gasteiger charge is -2.17. The lowest BCUT2D eigenvalue weighted by atomic mass is 10.1. The van der Waals surface area contributed by atoms with Gasteiger partial charge >= 0.3 is 0 Å². The van der Waals surface area contributed by atoms with Gasteiger partial charge in [0.25, 0.3) is 0 Å². The van der Waals surface area contributed by atoms with Gasteiger partial charge in [0.2, 0.25) is 0 Å². The summed E-state index contributed by atoms with van der Waals surface area (Å²) in [4.78, 5) is 1.12. The molecular weight excluding hydrogens is 228 g/mol. The van der Waals surface area contributed by atoms with E-state index in [1.807, 2.05) is 30.3 Å². The Morgan fingerprint density at radius 3 is 2.59 bits per heavy atom. The Kier molecular flexibility index (Phi) is 6.84. The first-order chi connectivity index (χ1) is 8.27. The van der Waals surface area contributed by atoms with Crippen LogP contribution in [-0.2, 0) is 0 Å². The third kappa shape index (κ3) is 5.30. The first-order valence-corrected chi connectivity index (χ1v) is 7.01. The van der Waals surface area contributed by atoms with Gasteiger partial charge in [-0.2, -0.15) is 0 Å². The molecule has 0 aliphatic rings. The van der Waals surface area contributed by atoms with Crippen LogP contribution in [0.15, 0.2) is 35.2 Å². The van der Waals surface area contributed by atoms with Gasteiger partial charge in [0, 0.05) is 4.90 Å². The maximum atomic E-state index is 10.0. The van der Waals surface area contributed by atoms with Crippen molar-refractivity contribution in [3.8, 4) is 12.3 Å². The van der Waals surface area contributed by atoms with Crippen LogP contribution in [0.2, 0.25) is 0 Å². The summed E-state index contributed by atoms with van der Waals surface area (Å²) in [6.07, 6.45) is 9.25. The minimum absolute atomic E-state index is 0.144. The van der Waals surface area contributed by atoms with Gasteiger partial charge in [-0.1, -0.05) is 50.3 Å². The summed E-state index contributed by atoms with van der Waals surface area (Å²) in [5.74, 6) is 2.69. The van der Waals surface area contributed by atoms with Crippen LogP contribution < -0.4 is 0 Å². The molecule has 0 aliphatic carbocycles. The minimum Gasteiger partial charge on any atom is -0.391 e. The van der Waals surface area contributed by atoms with Gasteiger partial charge < -0.3 is 5.11 Å². The van der Waals surface area contributed by atoms with E-state index in [9.17, 15) is 5.11 Å². The number of rotatable bonds is 7. The summed E-state index contributed by atoms with van der Waals surface area (Å²) < 4.78 is 0. The fraction of sp³-hybridized carbons (Fsp3) is 0.467. The Balaban J connectivity index is 2.45. The van der Waals surface area contributed by atoms with Gasteiger partial charge in [-0.15, -0.1) is 18.2 Å². The van der Waals surface area contributed by atoms with Gasteiger partial charge in [0.1, 0.15) is 0 Å². The molecule has 0 radical (unpaired) electrons. The van der Waals surface area contributed by atoms with E-state index in [-0.39, 0.29) is 5.25 Å². The normalized spacial score (nSPS) is 13.9. The molecular formula is C15H20OS. The van der Waals surface area contributed by atoms with Crippen molar-refractivity contribution >= 4 is 11.8 Å². The van der Waals surface area contributed by atoms with Crippen LogP contribution in [0.1, 0.15) is 32.6 Å². The Bertz CT molecular complexity index is 342. The van der Waals surface area contributed by atoms with E-state index in [0.717, 1.165) is 24.2 Å². The second-order valence-electron chi connectivity index (χ2n) is 4.08. The summed E-state index contributed by atoms with van der Waals surface area (Å²) in [6.45, 7) is 2.16. The predicted molar refractivity (Wildman–Crippen MR) is 75.1 cm³/mol. The Morgan fingerprint density at radius 1 is 1.29 bits per heavy atom. The quantitative estimate of drug-likeness (QED) is 0.451. The number of benzene rings is 1. The van der Waals surface area contributed by atoms with E-state index in [2.05, 4.69) is 12.8 Å². The molecule has 0 bridgehead atoms. The third-order valence-corrected chi connectivity index (χ3v) is 3.87. The number of thioether (sulfide) groups is 1. The standard InChI is InChI=1S/C15H20OS/c1-3-5-7-12-14(16)15(4-2)17-13-10-8-6-9-11-13/h2,6,8-11,14-16H,3,5,7,12H2,1H3/t14-,15-/m1/s1. The van der Waals surface area contributed by atoms with E-state index in [1.54, 1.807) is 11.8 Å². The second-order valence-corrected chi connectivity index (χ2v) is 5.30. The van der Waals surface area contributed by atoms with E-state index in [0.29, 0.717) is 0 Å². The molecule has 2 heteroatoms. The molecule has 17 heavy (non-hydrogen) atoms. The molecule has 0 aromatic heterocycles. The molecule has 0 heterocycles. The summed E-state index contributed by atoms with van der Waals surface area (Å²) >= 11 is 1.57. The smallest absolute Gasteiger partial charge is 0.0959 e. The van der Waals surface area contributed by atoms with Crippen molar-refractivity contribution in [3.63, 3.8) is 0 Å².